The first-order chi connectivity index (χ1) is 6.95. The lowest BCUT2D eigenvalue weighted by atomic mass is 9.97. The standard InChI is InChI=1S/C9H16N4O2/c1-9(2,3)8(14)15-7-5-11-4-6(7)12-13-10/h6-7,11H,4-5H2,1-3H3. The predicted octanol–water partition coefficient (Wildman–Crippen LogP) is 1.23. The first-order valence-corrected chi connectivity index (χ1v) is 4.91. The Kier molecular flexibility index (Phi) is 3.55. The Morgan fingerprint density at radius 3 is 2.73 bits per heavy atom. The van der Waals surface area contributed by atoms with Crippen LogP contribution >= 0.6 is 0 Å². The number of ether oxygens (including phenoxy) is 1. The molecule has 1 rings (SSSR count). The van der Waals surface area contributed by atoms with Gasteiger partial charge in [-0.15, -0.1) is 0 Å². The highest BCUT2D eigenvalue weighted by Gasteiger charge is 2.33. The van der Waals surface area contributed by atoms with Crippen LogP contribution in [0.15, 0.2) is 5.11 Å². The number of hydrogen-bond donors (Lipinski definition) is 1. The SMILES string of the molecule is CC(C)(C)C(=O)OC1CNCC1N=[N+]=[N-]. The maximum Gasteiger partial charge on any atom is 0.311 e. The van der Waals surface area contributed by atoms with Crippen molar-refractivity contribution in [1.29, 1.82) is 0 Å². The quantitative estimate of drug-likeness (QED) is 0.323. The molecular formula is C9H16N4O2. The highest BCUT2D eigenvalue weighted by molar-refractivity contribution is 5.75. The highest BCUT2D eigenvalue weighted by Crippen LogP contribution is 2.19. The molecule has 1 saturated heterocycles. The van der Waals surface area contributed by atoms with E-state index in [1.165, 1.54) is 0 Å². The largest absolute Gasteiger partial charge is 0.460 e. The molecule has 0 aromatic heterocycles. The van der Waals surface area contributed by atoms with Gasteiger partial charge in [0.2, 0.25) is 0 Å². The Hall–Kier alpha value is -1.26. The van der Waals surface area contributed by atoms with Crippen LogP contribution in [0.5, 0.6) is 0 Å². The fourth-order valence-electron chi connectivity index (χ4n) is 1.26. The molecule has 0 saturated carbocycles. The zero-order valence-corrected chi connectivity index (χ0v) is 9.23. The Morgan fingerprint density at radius 1 is 1.53 bits per heavy atom. The van der Waals surface area contributed by atoms with Crippen molar-refractivity contribution in [2.45, 2.75) is 32.9 Å². The number of azide groups is 1. The molecule has 1 heterocycles. The minimum absolute atomic E-state index is 0.269. The third-order valence-electron chi connectivity index (χ3n) is 2.20. The summed E-state index contributed by atoms with van der Waals surface area (Å²) in [5.74, 6) is -0.269. The molecule has 0 bridgehead atoms. The summed E-state index contributed by atoms with van der Waals surface area (Å²) in [6.45, 7) is 6.48. The van der Waals surface area contributed by atoms with Crippen molar-refractivity contribution in [2.75, 3.05) is 13.1 Å². The molecule has 0 amide bonds. The Morgan fingerprint density at radius 2 is 2.20 bits per heavy atom. The van der Waals surface area contributed by atoms with Crippen molar-refractivity contribution in [2.24, 2.45) is 10.5 Å². The van der Waals surface area contributed by atoms with Gasteiger partial charge < -0.3 is 10.1 Å². The molecule has 15 heavy (non-hydrogen) atoms. The van der Waals surface area contributed by atoms with Crippen molar-refractivity contribution in [3.05, 3.63) is 10.4 Å². The van der Waals surface area contributed by atoms with Crippen molar-refractivity contribution in [3.63, 3.8) is 0 Å². The molecule has 2 atom stereocenters. The van der Waals surface area contributed by atoms with E-state index in [1.54, 1.807) is 20.8 Å². The van der Waals surface area contributed by atoms with Crippen molar-refractivity contribution >= 4 is 5.97 Å². The molecule has 84 valence electrons. The van der Waals surface area contributed by atoms with Gasteiger partial charge in [0.25, 0.3) is 0 Å². The molecule has 0 spiro atoms. The zero-order chi connectivity index (χ0) is 11.5. The van der Waals surface area contributed by atoms with E-state index in [2.05, 4.69) is 15.3 Å². The van der Waals surface area contributed by atoms with Gasteiger partial charge >= 0.3 is 5.97 Å². The second-order valence-corrected chi connectivity index (χ2v) is 4.62. The van der Waals surface area contributed by atoms with Crippen molar-refractivity contribution in [1.82, 2.24) is 5.32 Å². The Labute approximate surface area is 88.6 Å². The predicted molar refractivity (Wildman–Crippen MR) is 55.1 cm³/mol. The summed E-state index contributed by atoms with van der Waals surface area (Å²) < 4.78 is 5.27. The molecule has 0 aromatic rings. The number of rotatable bonds is 2. The van der Waals surface area contributed by atoms with Crippen LogP contribution in [0, 0.1) is 5.41 Å². The number of hydrogen-bond acceptors (Lipinski definition) is 4. The third-order valence-corrected chi connectivity index (χ3v) is 2.20. The molecule has 1 N–H and O–H groups in total. The van der Waals surface area contributed by atoms with E-state index < -0.39 is 5.41 Å². The monoisotopic (exact) mass is 212 g/mol. The molecule has 1 aliphatic rings. The summed E-state index contributed by atoms with van der Waals surface area (Å²) >= 11 is 0. The average Bonchev–Trinajstić information content (AvgIpc) is 2.52. The normalized spacial score (nSPS) is 25.8. The lowest BCUT2D eigenvalue weighted by molar-refractivity contribution is -0.158. The minimum atomic E-state index is -0.524. The number of nitrogens with one attached hydrogen (secondary N) is 1. The molecule has 1 fully saturated rings. The first kappa shape index (κ1) is 11.8. The highest BCUT2D eigenvalue weighted by atomic mass is 16.5. The number of nitrogens with zero attached hydrogens (tertiary/aromatic N) is 3. The van der Waals surface area contributed by atoms with E-state index >= 15 is 0 Å². The lowest BCUT2D eigenvalue weighted by Gasteiger charge is -2.22. The summed E-state index contributed by atoms with van der Waals surface area (Å²) in [7, 11) is 0. The van der Waals surface area contributed by atoms with Gasteiger partial charge in [-0.1, -0.05) is 5.11 Å². The molecule has 2 unspecified atom stereocenters. The van der Waals surface area contributed by atoms with E-state index in [1.807, 2.05) is 0 Å². The van der Waals surface area contributed by atoms with Crippen LogP contribution in [0.1, 0.15) is 20.8 Å². The summed E-state index contributed by atoms with van der Waals surface area (Å²) in [5, 5.41) is 6.60. The Balaban J connectivity index is 2.58. The second-order valence-electron chi connectivity index (χ2n) is 4.62. The second kappa shape index (κ2) is 4.51. The van der Waals surface area contributed by atoms with Gasteiger partial charge in [-0.3, -0.25) is 4.79 Å². The van der Waals surface area contributed by atoms with Gasteiger partial charge in [0.05, 0.1) is 11.5 Å². The minimum Gasteiger partial charge on any atom is -0.460 e. The number of carbonyl (C=O) groups excluding carboxylic acids is 1. The van der Waals surface area contributed by atoms with Crippen LogP contribution < -0.4 is 5.32 Å². The molecule has 0 radical (unpaired) electrons. The van der Waals surface area contributed by atoms with Crippen LogP contribution in [0.4, 0.5) is 0 Å². The van der Waals surface area contributed by atoms with Gasteiger partial charge in [-0.05, 0) is 26.3 Å². The Bertz CT molecular complexity index is 291. The van der Waals surface area contributed by atoms with Gasteiger partial charge in [0.1, 0.15) is 6.10 Å². The van der Waals surface area contributed by atoms with E-state index in [9.17, 15) is 4.79 Å². The van der Waals surface area contributed by atoms with Gasteiger partial charge in [0, 0.05) is 18.0 Å². The van der Waals surface area contributed by atoms with E-state index in [-0.39, 0.29) is 18.1 Å². The molecule has 1 aliphatic heterocycles. The summed E-state index contributed by atoms with van der Waals surface area (Å²) in [4.78, 5) is 14.3. The molecular weight excluding hydrogens is 196 g/mol. The van der Waals surface area contributed by atoms with Crippen LogP contribution in [0.2, 0.25) is 0 Å². The van der Waals surface area contributed by atoms with Gasteiger partial charge in [-0.25, -0.2) is 0 Å². The average molecular weight is 212 g/mol. The smallest absolute Gasteiger partial charge is 0.311 e. The van der Waals surface area contributed by atoms with Crippen LogP contribution in [-0.4, -0.2) is 31.2 Å². The van der Waals surface area contributed by atoms with Crippen LogP contribution in [-0.2, 0) is 9.53 Å². The molecule has 6 nitrogen and oxygen atoms in total. The summed E-state index contributed by atoms with van der Waals surface area (Å²) in [6, 6.07) is -0.290. The third kappa shape index (κ3) is 3.11. The maximum atomic E-state index is 11.6. The summed E-state index contributed by atoms with van der Waals surface area (Å²) in [5.41, 5.74) is 7.80. The first-order valence-electron chi connectivity index (χ1n) is 4.91. The number of carbonyl (C=O) groups is 1. The van der Waals surface area contributed by atoms with Crippen molar-refractivity contribution in [3.8, 4) is 0 Å². The lowest BCUT2D eigenvalue weighted by Crippen LogP contribution is -2.33. The van der Waals surface area contributed by atoms with Crippen LogP contribution in [0.3, 0.4) is 0 Å². The molecule has 0 aliphatic carbocycles. The van der Waals surface area contributed by atoms with E-state index in [0.717, 1.165) is 0 Å². The summed E-state index contributed by atoms with van der Waals surface area (Å²) in [6.07, 6.45) is -0.340. The van der Waals surface area contributed by atoms with Gasteiger partial charge in [-0.2, -0.15) is 0 Å². The topological polar surface area (TPSA) is 87.1 Å². The zero-order valence-electron chi connectivity index (χ0n) is 9.23. The number of esters is 1. The van der Waals surface area contributed by atoms with E-state index in [0.29, 0.717) is 13.1 Å². The maximum absolute atomic E-state index is 11.6. The molecule has 6 heteroatoms. The molecule has 0 aromatic carbocycles. The van der Waals surface area contributed by atoms with E-state index in [4.69, 9.17) is 10.3 Å². The van der Waals surface area contributed by atoms with Crippen LogP contribution in [0.25, 0.3) is 10.4 Å². The fourth-order valence-corrected chi connectivity index (χ4v) is 1.26. The fraction of sp³-hybridized carbons (Fsp3) is 0.889. The van der Waals surface area contributed by atoms with Crippen molar-refractivity contribution < 1.29 is 9.53 Å². The van der Waals surface area contributed by atoms with Gasteiger partial charge in [0.15, 0.2) is 0 Å².